The largest absolute Gasteiger partial charge is 0.495 e. The standard InChI is InChI=1S/C21H16N2O5S/c1-28-19-10-8-16(21(24)25)12-20(19)29(26,27)23-18-11-14(13-22)7-9-17(18)15-5-3-2-4-6-15/h2-12,23H,1H3,(H,24,25). The van der Waals surface area contributed by atoms with Crippen LogP contribution in [0.3, 0.4) is 0 Å². The lowest BCUT2D eigenvalue weighted by Crippen LogP contribution is -2.16. The molecule has 7 nitrogen and oxygen atoms in total. The number of methoxy groups -OCH3 is 1. The van der Waals surface area contributed by atoms with E-state index in [1.165, 1.54) is 25.3 Å². The Kier molecular flexibility index (Phi) is 5.52. The molecule has 0 aliphatic carbocycles. The van der Waals surface area contributed by atoms with Crippen LogP contribution in [0.4, 0.5) is 5.69 Å². The molecule has 2 N–H and O–H groups in total. The lowest BCUT2D eigenvalue weighted by Gasteiger charge is -2.15. The number of benzene rings is 3. The zero-order valence-electron chi connectivity index (χ0n) is 15.3. The summed E-state index contributed by atoms with van der Waals surface area (Å²) in [5, 5.41) is 18.4. The summed E-state index contributed by atoms with van der Waals surface area (Å²) >= 11 is 0. The lowest BCUT2D eigenvalue weighted by atomic mass is 10.0. The zero-order valence-corrected chi connectivity index (χ0v) is 16.1. The lowest BCUT2D eigenvalue weighted by molar-refractivity contribution is 0.0696. The number of carboxylic acids is 1. The Balaban J connectivity index is 2.13. The number of nitrogens with zero attached hydrogens (tertiary/aromatic N) is 1. The monoisotopic (exact) mass is 408 g/mol. The molecule has 3 rings (SSSR count). The van der Waals surface area contributed by atoms with Gasteiger partial charge in [-0.3, -0.25) is 4.72 Å². The van der Waals surface area contributed by atoms with Crippen molar-refractivity contribution < 1.29 is 23.1 Å². The average molecular weight is 408 g/mol. The first-order chi connectivity index (χ1) is 13.9. The number of ether oxygens (including phenoxy) is 1. The van der Waals surface area contributed by atoms with Gasteiger partial charge in [0.25, 0.3) is 10.0 Å². The Bertz CT molecular complexity index is 1220. The van der Waals surface area contributed by atoms with Gasteiger partial charge in [0, 0.05) is 5.56 Å². The maximum absolute atomic E-state index is 13.1. The molecule has 0 saturated carbocycles. The minimum atomic E-state index is -4.22. The van der Waals surface area contributed by atoms with E-state index in [1.807, 2.05) is 36.4 Å². The van der Waals surface area contributed by atoms with E-state index in [1.54, 1.807) is 12.1 Å². The quantitative estimate of drug-likeness (QED) is 0.642. The number of carbonyl (C=O) groups is 1. The van der Waals surface area contributed by atoms with Gasteiger partial charge in [-0.1, -0.05) is 36.4 Å². The molecule has 0 fully saturated rings. The summed E-state index contributed by atoms with van der Waals surface area (Å²) in [6, 6.07) is 19.3. The van der Waals surface area contributed by atoms with Gasteiger partial charge in [-0.05, 0) is 35.9 Å². The molecule has 146 valence electrons. The van der Waals surface area contributed by atoms with E-state index < -0.39 is 16.0 Å². The molecule has 0 saturated heterocycles. The van der Waals surface area contributed by atoms with Crippen LogP contribution < -0.4 is 9.46 Å². The van der Waals surface area contributed by atoms with Crippen molar-refractivity contribution in [2.45, 2.75) is 4.90 Å². The Morgan fingerprint density at radius 3 is 2.41 bits per heavy atom. The summed E-state index contributed by atoms with van der Waals surface area (Å²) in [6.07, 6.45) is 0. The third-order valence-electron chi connectivity index (χ3n) is 4.18. The third-order valence-corrected chi connectivity index (χ3v) is 5.56. The average Bonchev–Trinajstić information content (AvgIpc) is 2.73. The number of rotatable bonds is 6. The van der Waals surface area contributed by atoms with E-state index in [-0.39, 0.29) is 27.5 Å². The van der Waals surface area contributed by atoms with Crippen LogP contribution in [0.1, 0.15) is 15.9 Å². The van der Waals surface area contributed by atoms with Crippen LogP contribution in [0.25, 0.3) is 11.1 Å². The molecule has 0 spiro atoms. The van der Waals surface area contributed by atoms with E-state index in [4.69, 9.17) is 4.74 Å². The fourth-order valence-corrected chi connectivity index (χ4v) is 4.05. The second-order valence-corrected chi connectivity index (χ2v) is 7.67. The highest BCUT2D eigenvalue weighted by atomic mass is 32.2. The van der Waals surface area contributed by atoms with Gasteiger partial charge < -0.3 is 9.84 Å². The number of anilines is 1. The van der Waals surface area contributed by atoms with E-state index in [0.29, 0.717) is 5.56 Å². The van der Waals surface area contributed by atoms with Crippen molar-refractivity contribution in [3.8, 4) is 22.9 Å². The van der Waals surface area contributed by atoms with E-state index in [0.717, 1.165) is 11.6 Å². The van der Waals surface area contributed by atoms with Crippen molar-refractivity contribution in [2.75, 3.05) is 11.8 Å². The van der Waals surface area contributed by atoms with Gasteiger partial charge in [0.2, 0.25) is 0 Å². The predicted molar refractivity (Wildman–Crippen MR) is 107 cm³/mol. The predicted octanol–water partition coefficient (Wildman–Crippen LogP) is 3.73. The summed E-state index contributed by atoms with van der Waals surface area (Å²) in [5.41, 5.74) is 1.59. The normalized spacial score (nSPS) is 10.8. The SMILES string of the molecule is COc1ccc(C(=O)O)cc1S(=O)(=O)Nc1cc(C#N)ccc1-c1ccccc1. The molecular weight excluding hydrogens is 392 g/mol. The molecule has 0 atom stereocenters. The van der Waals surface area contributed by atoms with Crippen molar-refractivity contribution in [1.82, 2.24) is 0 Å². The molecule has 3 aromatic rings. The second-order valence-electron chi connectivity index (χ2n) is 6.01. The van der Waals surface area contributed by atoms with Crippen LogP contribution in [0.2, 0.25) is 0 Å². The highest BCUT2D eigenvalue weighted by Gasteiger charge is 2.23. The molecule has 0 heterocycles. The summed E-state index contributed by atoms with van der Waals surface area (Å²) in [6.45, 7) is 0. The van der Waals surface area contributed by atoms with Crippen LogP contribution in [0.5, 0.6) is 5.75 Å². The highest BCUT2D eigenvalue weighted by Crippen LogP contribution is 2.33. The second kappa shape index (κ2) is 8.04. The summed E-state index contributed by atoms with van der Waals surface area (Å²) in [4.78, 5) is 11.0. The molecule has 0 unspecified atom stereocenters. The fraction of sp³-hybridized carbons (Fsp3) is 0.0476. The first kappa shape index (κ1) is 19.9. The molecule has 0 aliphatic rings. The van der Waals surface area contributed by atoms with Gasteiger partial charge in [-0.15, -0.1) is 0 Å². The van der Waals surface area contributed by atoms with Crippen LogP contribution >= 0.6 is 0 Å². The summed E-state index contributed by atoms with van der Waals surface area (Å²) in [7, 11) is -2.92. The van der Waals surface area contributed by atoms with E-state index in [2.05, 4.69) is 4.72 Å². The number of nitrogens with one attached hydrogen (secondary N) is 1. The number of sulfonamides is 1. The van der Waals surface area contributed by atoms with Crippen LogP contribution in [0.15, 0.2) is 71.6 Å². The Hall–Kier alpha value is -3.83. The number of aromatic carboxylic acids is 1. The Labute approximate surface area is 167 Å². The molecule has 8 heteroatoms. The third kappa shape index (κ3) is 4.20. The van der Waals surface area contributed by atoms with Crippen molar-refractivity contribution >= 4 is 21.7 Å². The minimum absolute atomic E-state index is 0.000184. The topological polar surface area (TPSA) is 116 Å². The fourth-order valence-electron chi connectivity index (χ4n) is 2.79. The van der Waals surface area contributed by atoms with Crippen molar-refractivity contribution in [3.63, 3.8) is 0 Å². The highest BCUT2D eigenvalue weighted by molar-refractivity contribution is 7.92. The van der Waals surface area contributed by atoms with Gasteiger partial charge in [-0.2, -0.15) is 5.26 Å². The van der Waals surface area contributed by atoms with Gasteiger partial charge in [-0.25, -0.2) is 13.2 Å². The van der Waals surface area contributed by atoms with Crippen molar-refractivity contribution in [1.29, 1.82) is 5.26 Å². The first-order valence-corrected chi connectivity index (χ1v) is 9.88. The molecule has 0 aromatic heterocycles. The maximum atomic E-state index is 13.1. The minimum Gasteiger partial charge on any atom is -0.495 e. The molecule has 0 bridgehead atoms. The smallest absolute Gasteiger partial charge is 0.335 e. The number of hydrogen-bond acceptors (Lipinski definition) is 5. The van der Waals surface area contributed by atoms with Crippen LogP contribution in [0, 0.1) is 11.3 Å². The Morgan fingerprint density at radius 2 is 1.79 bits per heavy atom. The van der Waals surface area contributed by atoms with Gasteiger partial charge >= 0.3 is 5.97 Å². The zero-order chi connectivity index (χ0) is 21.0. The first-order valence-electron chi connectivity index (χ1n) is 8.39. The van der Waals surface area contributed by atoms with E-state index in [9.17, 15) is 23.6 Å². The Morgan fingerprint density at radius 1 is 1.07 bits per heavy atom. The molecule has 0 aliphatic heterocycles. The van der Waals surface area contributed by atoms with Crippen molar-refractivity contribution in [2.24, 2.45) is 0 Å². The molecule has 29 heavy (non-hydrogen) atoms. The summed E-state index contributed by atoms with van der Waals surface area (Å²) < 4.78 is 33.7. The molecule has 0 radical (unpaired) electrons. The maximum Gasteiger partial charge on any atom is 0.335 e. The number of nitriles is 1. The number of hydrogen-bond donors (Lipinski definition) is 2. The number of carboxylic acid groups (broad SMARTS) is 1. The molecular formula is C21H16N2O5S. The molecule has 3 aromatic carbocycles. The van der Waals surface area contributed by atoms with Crippen molar-refractivity contribution in [3.05, 3.63) is 77.9 Å². The molecule has 0 amide bonds. The van der Waals surface area contributed by atoms with E-state index >= 15 is 0 Å². The van der Waals surface area contributed by atoms with Gasteiger partial charge in [0.1, 0.15) is 10.6 Å². The van der Waals surface area contributed by atoms with Crippen LogP contribution in [-0.4, -0.2) is 26.6 Å². The van der Waals surface area contributed by atoms with Gasteiger partial charge in [0.05, 0.1) is 30.0 Å². The summed E-state index contributed by atoms with van der Waals surface area (Å²) in [5.74, 6) is -1.26. The van der Waals surface area contributed by atoms with Gasteiger partial charge in [0.15, 0.2) is 0 Å². The van der Waals surface area contributed by atoms with Crippen LogP contribution in [-0.2, 0) is 10.0 Å².